The van der Waals surface area contributed by atoms with Crippen LogP contribution in [0.1, 0.15) is 0 Å². The summed E-state index contributed by atoms with van der Waals surface area (Å²) in [4.78, 5) is 8.58. The van der Waals surface area contributed by atoms with E-state index in [1.165, 1.54) is 0 Å². The van der Waals surface area contributed by atoms with Gasteiger partial charge in [0.05, 0.1) is 3.57 Å². The Morgan fingerprint density at radius 3 is 2.48 bits per heavy atom. The van der Waals surface area contributed by atoms with Gasteiger partial charge in [-0.15, -0.1) is 0 Å². The molecule has 1 heterocycles. The number of rotatable bonds is 3. The molecule has 2 aromatic carbocycles. The molecule has 0 saturated carbocycles. The van der Waals surface area contributed by atoms with E-state index in [0.29, 0.717) is 11.0 Å². The molecule has 0 aliphatic carbocycles. The molecule has 0 amide bonds. The zero-order chi connectivity index (χ0) is 14.7. The average molecular weight is 409 g/mol. The molecule has 0 N–H and O–H groups in total. The normalized spacial score (nSPS) is 10.4. The monoisotopic (exact) mass is 408 g/mol. The second-order valence-corrected chi connectivity index (χ2v) is 5.80. The van der Waals surface area contributed by atoms with Crippen molar-refractivity contribution in [3.8, 4) is 22.9 Å². The van der Waals surface area contributed by atoms with E-state index in [2.05, 4.69) is 32.6 Å². The molecule has 3 aromatic rings. The first-order valence-corrected chi connectivity index (χ1v) is 7.69. The summed E-state index contributed by atoms with van der Waals surface area (Å²) in [5.74, 6) is 2.10. The van der Waals surface area contributed by atoms with Crippen molar-refractivity contribution in [2.45, 2.75) is 0 Å². The Labute approximate surface area is 141 Å². The predicted octanol–water partition coefficient (Wildman–Crippen LogP) is 5.19. The summed E-state index contributed by atoms with van der Waals surface area (Å²) in [6.07, 6.45) is 1.70. The van der Waals surface area contributed by atoms with Gasteiger partial charge in [-0.05, 0) is 46.9 Å². The molecule has 3 nitrogen and oxygen atoms in total. The highest BCUT2D eigenvalue weighted by molar-refractivity contribution is 14.1. The maximum absolute atomic E-state index is 6.04. The standard InChI is InChI=1S/C16H10ClIN2O/c17-15-14(18)10-19-16(20-15)11-5-4-8-13(9-11)21-12-6-2-1-3-7-12/h1-10H. The number of halogens is 2. The minimum atomic E-state index is 0.454. The molecule has 0 spiro atoms. The van der Waals surface area contributed by atoms with Gasteiger partial charge >= 0.3 is 0 Å². The third kappa shape index (κ3) is 3.51. The van der Waals surface area contributed by atoms with Gasteiger partial charge in [0.2, 0.25) is 0 Å². The highest BCUT2D eigenvalue weighted by Gasteiger charge is 2.06. The van der Waals surface area contributed by atoms with E-state index in [9.17, 15) is 0 Å². The minimum Gasteiger partial charge on any atom is -0.457 e. The van der Waals surface area contributed by atoms with E-state index < -0.39 is 0 Å². The Morgan fingerprint density at radius 1 is 0.952 bits per heavy atom. The maximum atomic E-state index is 6.04. The van der Waals surface area contributed by atoms with Gasteiger partial charge in [0.15, 0.2) is 5.82 Å². The first kappa shape index (κ1) is 14.3. The van der Waals surface area contributed by atoms with E-state index in [0.717, 1.165) is 20.6 Å². The Bertz CT molecular complexity index is 765. The zero-order valence-electron chi connectivity index (χ0n) is 10.8. The SMILES string of the molecule is Clc1nc(-c2cccc(Oc3ccccc3)c2)ncc1I. The summed E-state index contributed by atoms with van der Waals surface area (Å²) in [6.45, 7) is 0. The summed E-state index contributed by atoms with van der Waals surface area (Å²) in [5, 5.41) is 0.454. The van der Waals surface area contributed by atoms with Gasteiger partial charge < -0.3 is 4.74 Å². The van der Waals surface area contributed by atoms with Gasteiger partial charge in [0, 0.05) is 11.8 Å². The van der Waals surface area contributed by atoms with Crippen LogP contribution in [0.25, 0.3) is 11.4 Å². The van der Waals surface area contributed by atoms with E-state index in [4.69, 9.17) is 16.3 Å². The number of nitrogens with zero attached hydrogens (tertiary/aromatic N) is 2. The van der Waals surface area contributed by atoms with E-state index in [1.807, 2.05) is 54.6 Å². The summed E-state index contributed by atoms with van der Waals surface area (Å²) >= 11 is 8.14. The van der Waals surface area contributed by atoms with Crippen LogP contribution in [0, 0.1) is 3.57 Å². The fourth-order valence-electron chi connectivity index (χ4n) is 1.81. The molecule has 1 aromatic heterocycles. The smallest absolute Gasteiger partial charge is 0.161 e. The predicted molar refractivity (Wildman–Crippen MR) is 91.7 cm³/mol. The van der Waals surface area contributed by atoms with Crippen molar-refractivity contribution in [2.75, 3.05) is 0 Å². The van der Waals surface area contributed by atoms with Crippen LogP contribution < -0.4 is 4.74 Å². The molecular weight excluding hydrogens is 399 g/mol. The Kier molecular flexibility index (Phi) is 4.36. The number of hydrogen-bond acceptors (Lipinski definition) is 3. The topological polar surface area (TPSA) is 35.0 Å². The second-order valence-electron chi connectivity index (χ2n) is 4.28. The molecule has 0 aliphatic heterocycles. The van der Waals surface area contributed by atoms with Crippen LogP contribution >= 0.6 is 34.2 Å². The molecule has 0 bridgehead atoms. The summed E-state index contributed by atoms with van der Waals surface area (Å²) in [6, 6.07) is 17.2. The molecule has 0 fully saturated rings. The maximum Gasteiger partial charge on any atom is 0.161 e. The van der Waals surface area contributed by atoms with Gasteiger partial charge in [-0.3, -0.25) is 0 Å². The van der Waals surface area contributed by atoms with Crippen molar-refractivity contribution in [2.24, 2.45) is 0 Å². The zero-order valence-corrected chi connectivity index (χ0v) is 13.7. The summed E-state index contributed by atoms with van der Waals surface area (Å²) in [5.41, 5.74) is 0.863. The molecule has 0 radical (unpaired) electrons. The molecule has 5 heteroatoms. The fourth-order valence-corrected chi connectivity index (χ4v) is 2.20. The lowest BCUT2D eigenvalue weighted by Crippen LogP contribution is -1.92. The van der Waals surface area contributed by atoms with Crippen molar-refractivity contribution in [1.29, 1.82) is 0 Å². The van der Waals surface area contributed by atoms with E-state index in [1.54, 1.807) is 6.20 Å². The second kappa shape index (κ2) is 6.41. The Balaban J connectivity index is 1.91. The van der Waals surface area contributed by atoms with Crippen molar-refractivity contribution in [3.05, 3.63) is 69.5 Å². The third-order valence-electron chi connectivity index (χ3n) is 2.77. The summed E-state index contributed by atoms with van der Waals surface area (Å²) in [7, 11) is 0. The molecule has 0 aliphatic rings. The van der Waals surface area contributed by atoms with E-state index in [-0.39, 0.29) is 0 Å². The minimum absolute atomic E-state index is 0.454. The van der Waals surface area contributed by atoms with Crippen molar-refractivity contribution >= 4 is 34.2 Å². The quantitative estimate of drug-likeness (QED) is 0.442. The largest absolute Gasteiger partial charge is 0.457 e. The van der Waals surface area contributed by atoms with Crippen molar-refractivity contribution < 1.29 is 4.74 Å². The number of hydrogen-bond donors (Lipinski definition) is 0. The van der Waals surface area contributed by atoms with Crippen LogP contribution in [0.4, 0.5) is 0 Å². The number of ether oxygens (including phenoxy) is 1. The number of aromatic nitrogens is 2. The summed E-state index contributed by atoms with van der Waals surface area (Å²) < 4.78 is 6.63. The van der Waals surface area contributed by atoms with Gasteiger partial charge in [-0.1, -0.05) is 41.9 Å². The van der Waals surface area contributed by atoms with Gasteiger partial charge in [0.1, 0.15) is 16.7 Å². The lowest BCUT2D eigenvalue weighted by atomic mass is 10.2. The van der Waals surface area contributed by atoms with Gasteiger partial charge in [0.25, 0.3) is 0 Å². The van der Waals surface area contributed by atoms with Crippen LogP contribution in [0.2, 0.25) is 5.15 Å². The molecule has 0 unspecified atom stereocenters. The van der Waals surface area contributed by atoms with Crippen LogP contribution in [0.3, 0.4) is 0 Å². The lowest BCUT2D eigenvalue weighted by molar-refractivity contribution is 0.483. The van der Waals surface area contributed by atoms with Crippen LogP contribution in [0.15, 0.2) is 60.8 Å². The average Bonchev–Trinajstić information content (AvgIpc) is 2.51. The first-order chi connectivity index (χ1) is 10.2. The van der Waals surface area contributed by atoms with Gasteiger partial charge in [-0.25, -0.2) is 9.97 Å². The first-order valence-electron chi connectivity index (χ1n) is 6.24. The van der Waals surface area contributed by atoms with Crippen LogP contribution in [-0.2, 0) is 0 Å². The molecule has 0 saturated heterocycles. The number of para-hydroxylation sites is 1. The third-order valence-corrected chi connectivity index (χ3v) is 4.17. The van der Waals surface area contributed by atoms with Crippen molar-refractivity contribution in [3.63, 3.8) is 0 Å². The highest BCUT2D eigenvalue weighted by Crippen LogP contribution is 2.26. The number of benzene rings is 2. The molecule has 104 valence electrons. The highest BCUT2D eigenvalue weighted by atomic mass is 127. The van der Waals surface area contributed by atoms with Crippen molar-refractivity contribution in [1.82, 2.24) is 9.97 Å². The van der Waals surface area contributed by atoms with Crippen LogP contribution in [0.5, 0.6) is 11.5 Å². The molecule has 3 rings (SSSR count). The fraction of sp³-hybridized carbons (Fsp3) is 0. The van der Waals surface area contributed by atoms with Gasteiger partial charge in [-0.2, -0.15) is 0 Å². The molecular formula is C16H10ClIN2O. The lowest BCUT2D eigenvalue weighted by Gasteiger charge is -2.07. The van der Waals surface area contributed by atoms with Crippen LogP contribution in [-0.4, -0.2) is 9.97 Å². The Hall–Kier alpha value is -1.66. The Morgan fingerprint density at radius 2 is 1.71 bits per heavy atom. The molecule has 0 atom stereocenters. The van der Waals surface area contributed by atoms with E-state index >= 15 is 0 Å². The molecule has 21 heavy (non-hydrogen) atoms.